The third-order valence-electron chi connectivity index (χ3n) is 3.96. The number of rotatable bonds is 3. The van der Waals surface area contributed by atoms with Gasteiger partial charge in [-0.25, -0.2) is 4.79 Å². The molecule has 1 saturated heterocycles. The van der Waals surface area contributed by atoms with Crippen LogP contribution in [0.3, 0.4) is 0 Å². The zero-order valence-electron chi connectivity index (χ0n) is 13.1. The van der Waals surface area contributed by atoms with Crippen molar-refractivity contribution in [2.75, 3.05) is 39.3 Å². The van der Waals surface area contributed by atoms with Gasteiger partial charge in [-0.05, 0) is 60.7 Å². The average molecular weight is 415 g/mol. The number of benzene rings is 1. The first kappa shape index (κ1) is 17.1. The first-order chi connectivity index (χ1) is 10.6. The van der Waals surface area contributed by atoms with Gasteiger partial charge in [-0.3, -0.25) is 4.79 Å². The molecule has 0 radical (unpaired) electrons. The summed E-state index contributed by atoms with van der Waals surface area (Å²) in [7, 11) is 0. The minimum absolute atomic E-state index is 0.0475. The highest BCUT2D eigenvalue weighted by Crippen LogP contribution is 2.12. The van der Waals surface area contributed by atoms with Crippen molar-refractivity contribution in [3.8, 4) is 0 Å². The van der Waals surface area contributed by atoms with Crippen LogP contribution in [0.5, 0.6) is 0 Å². The standard InChI is InChI=1S/C16H22IN3O2/c1-3-18(4-2)16(22)20-11-9-19(10-12-20)15(21)13-5-7-14(17)8-6-13/h5-8H,3-4,9-12H2,1-2H3. The summed E-state index contributed by atoms with van der Waals surface area (Å²) in [6.45, 7) is 7.80. The zero-order chi connectivity index (χ0) is 16.1. The second-order valence-electron chi connectivity index (χ2n) is 5.24. The number of nitrogens with zero attached hydrogens (tertiary/aromatic N) is 3. The van der Waals surface area contributed by atoms with Gasteiger partial charge in [-0.15, -0.1) is 0 Å². The summed E-state index contributed by atoms with van der Waals surface area (Å²) in [5.41, 5.74) is 0.712. The van der Waals surface area contributed by atoms with E-state index in [0.29, 0.717) is 31.7 Å². The van der Waals surface area contributed by atoms with Crippen LogP contribution in [0, 0.1) is 3.57 Å². The summed E-state index contributed by atoms with van der Waals surface area (Å²) in [6, 6.07) is 7.67. The molecule has 6 heteroatoms. The molecule has 1 heterocycles. The van der Waals surface area contributed by atoms with E-state index in [2.05, 4.69) is 22.6 Å². The molecule has 0 atom stereocenters. The third-order valence-corrected chi connectivity index (χ3v) is 4.68. The van der Waals surface area contributed by atoms with Gasteiger partial charge in [0.1, 0.15) is 0 Å². The highest BCUT2D eigenvalue weighted by atomic mass is 127. The molecular formula is C16H22IN3O2. The molecule has 0 aliphatic carbocycles. The van der Waals surface area contributed by atoms with Crippen LogP contribution in [-0.4, -0.2) is 65.9 Å². The first-order valence-corrected chi connectivity index (χ1v) is 8.73. The molecule has 0 bridgehead atoms. The van der Waals surface area contributed by atoms with E-state index >= 15 is 0 Å². The monoisotopic (exact) mass is 415 g/mol. The Morgan fingerprint density at radius 1 is 1.00 bits per heavy atom. The molecule has 1 fully saturated rings. The molecule has 0 spiro atoms. The molecule has 1 aromatic rings. The second-order valence-corrected chi connectivity index (χ2v) is 6.49. The predicted octanol–water partition coefficient (Wildman–Crippen LogP) is 2.51. The van der Waals surface area contributed by atoms with E-state index in [9.17, 15) is 9.59 Å². The SMILES string of the molecule is CCN(CC)C(=O)N1CCN(C(=O)c2ccc(I)cc2)CC1. The molecule has 1 aromatic carbocycles. The fourth-order valence-corrected chi connectivity index (χ4v) is 2.93. The van der Waals surface area contributed by atoms with Gasteiger partial charge in [-0.2, -0.15) is 0 Å². The van der Waals surface area contributed by atoms with Crippen LogP contribution in [0.1, 0.15) is 24.2 Å². The number of hydrogen-bond acceptors (Lipinski definition) is 2. The molecule has 2 rings (SSSR count). The number of halogens is 1. The van der Waals surface area contributed by atoms with Gasteiger partial charge < -0.3 is 14.7 Å². The molecule has 0 unspecified atom stereocenters. The minimum Gasteiger partial charge on any atom is -0.335 e. The molecule has 0 aromatic heterocycles. The van der Waals surface area contributed by atoms with E-state index in [-0.39, 0.29) is 11.9 Å². The van der Waals surface area contributed by atoms with Crippen molar-refractivity contribution in [3.05, 3.63) is 33.4 Å². The van der Waals surface area contributed by atoms with Crippen molar-refractivity contribution in [3.63, 3.8) is 0 Å². The normalized spacial score (nSPS) is 14.9. The molecular weight excluding hydrogens is 393 g/mol. The molecule has 22 heavy (non-hydrogen) atoms. The lowest BCUT2D eigenvalue weighted by atomic mass is 10.2. The Morgan fingerprint density at radius 3 is 2.00 bits per heavy atom. The van der Waals surface area contributed by atoms with Crippen molar-refractivity contribution >= 4 is 34.5 Å². The Hall–Kier alpha value is -1.31. The Kier molecular flexibility index (Phi) is 6.05. The van der Waals surface area contributed by atoms with Gasteiger partial charge in [0, 0.05) is 48.4 Å². The van der Waals surface area contributed by atoms with Crippen molar-refractivity contribution in [1.29, 1.82) is 0 Å². The molecule has 5 nitrogen and oxygen atoms in total. The Bertz CT molecular complexity index is 521. The fourth-order valence-electron chi connectivity index (χ4n) is 2.57. The Morgan fingerprint density at radius 2 is 1.50 bits per heavy atom. The summed E-state index contributed by atoms with van der Waals surface area (Å²) in [6.07, 6.45) is 0. The first-order valence-electron chi connectivity index (χ1n) is 7.65. The van der Waals surface area contributed by atoms with Crippen LogP contribution >= 0.6 is 22.6 Å². The zero-order valence-corrected chi connectivity index (χ0v) is 15.2. The van der Waals surface area contributed by atoms with E-state index in [1.807, 2.05) is 52.8 Å². The molecule has 120 valence electrons. The maximum Gasteiger partial charge on any atom is 0.320 e. The van der Waals surface area contributed by atoms with Crippen LogP contribution in [0.25, 0.3) is 0 Å². The van der Waals surface area contributed by atoms with E-state index < -0.39 is 0 Å². The topological polar surface area (TPSA) is 43.9 Å². The molecule has 0 N–H and O–H groups in total. The van der Waals surface area contributed by atoms with Gasteiger partial charge in [-0.1, -0.05) is 0 Å². The number of urea groups is 1. The lowest BCUT2D eigenvalue weighted by molar-refractivity contribution is 0.0641. The van der Waals surface area contributed by atoms with Crippen LogP contribution in [-0.2, 0) is 0 Å². The van der Waals surface area contributed by atoms with Crippen LogP contribution in [0.2, 0.25) is 0 Å². The summed E-state index contributed by atoms with van der Waals surface area (Å²) in [5, 5.41) is 0. The number of piperazine rings is 1. The predicted molar refractivity (Wildman–Crippen MR) is 95.0 cm³/mol. The van der Waals surface area contributed by atoms with Crippen molar-refractivity contribution < 1.29 is 9.59 Å². The summed E-state index contributed by atoms with van der Waals surface area (Å²) in [4.78, 5) is 30.2. The molecule has 0 saturated carbocycles. The maximum absolute atomic E-state index is 12.4. The summed E-state index contributed by atoms with van der Waals surface area (Å²) in [5.74, 6) is 0.0475. The lowest BCUT2D eigenvalue weighted by Crippen LogP contribution is -2.54. The van der Waals surface area contributed by atoms with E-state index in [4.69, 9.17) is 0 Å². The van der Waals surface area contributed by atoms with Crippen molar-refractivity contribution in [2.24, 2.45) is 0 Å². The largest absolute Gasteiger partial charge is 0.335 e. The molecule has 1 aliphatic heterocycles. The van der Waals surface area contributed by atoms with Crippen LogP contribution in [0.4, 0.5) is 4.79 Å². The second kappa shape index (κ2) is 7.80. The molecule has 1 aliphatic rings. The highest BCUT2D eigenvalue weighted by molar-refractivity contribution is 14.1. The van der Waals surface area contributed by atoms with Gasteiger partial charge in [0.05, 0.1) is 0 Å². The van der Waals surface area contributed by atoms with E-state index in [1.165, 1.54) is 0 Å². The Balaban J connectivity index is 1.93. The maximum atomic E-state index is 12.4. The van der Waals surface area contributed by atoms with Crippen LogP contribution in [0.15, 0.2) is 24.3 Å². The number of carbonyl (C=O) groups excluding carboxylic acids is 2. The quantitative estimate of drug-likeness (QED) is 0.713. The Labute approximate surface area is 145 Å². The van der Waals surface area contributed by atoms with Gasteiger partial charge >= 0.3 is 6.03 Å². The number of carbonyl (C=O) groups is 2. The van der Waals surface area contributed by atoms with Gasteiger partial charge in [0.25, 0.3) is 5.91 Å². The van der Waals surface area contributed by atoms with E-state index in [0.717, 1.165) is 16.7 Å². The van der Waals surface area contributed by atoms with Gasteiger partial charge in [0.2, 0.25) is 0 Å². The smallest absolute Gasteiger partial charge is 0.320 e. The fraction of sp³-hybridized carbons (Fsp3) is 0.500. The van der Waals surface area contributed by atoms with Crippen LogP contribution < -0.4 is 0 Å². The van der Waals surface area contributed by atoms with Crippen molar-refractivity contribution in [2.45, 2.75) is 13.8 Å². The van der Waals surface area contributed by atoms with E-state index in [1.54, 1.807) is 0 Å². The summed E-state index contributed by atoms with van der Waals surface area (Å²) >= 11 is 2.22. The summed E-state index contributed by atoms with van der Waals surface area (Å²) < 4.78 is 1.11. The third kappa shape index (κ3) is 3.91. The lowest BCUT2D eigenvalue weighted by Gasteiger charge is -2.37. The highest BCUT2D eigenvalue weighted by Gasteiger charge is 2.26. The number of amides is 3. The number of hydrogen-bond donors (Lipinski definition) is 0. The average Bonchev–Trinajstić information content (AvgIpc) is 2.56. The van der Waals surface area contributed by atoms with Crippen molar-refractivity contribution in [1.82, 2.24) is 14.7 Å². The molecule has 3 amide bonds. The van der Waals surface area contributed by atoms with Gasteiger partial charge in [0.15, 0.2) is 0 Å². The minimum atomic E-state index is 0.0475.